The van der Waals surface area contributed by atoms with Gasteiger partial charge < -0.3 is 14.7 Å². The lowest BCUT2D eigenvalue weighted by atomic mass is 10.0. The van der Waals surface area contributed by atoms with Crippen molar-refractivity contribution < 1.29 is 9.32 Å². The second-order valence-electron chi connectivity index (χ2n) is 6.95. The zero-order valence-electron chi connectivity index (χ0n) is 15.5. The third-order valence-corrected chi connectivity index (χ3v) is 4.77. The van der Waals surface area contributed by atoms with Crippen molar-refractivity contribution in [3.63, 3.8) is 0 Å². The standard InChI is InChI=1S/C20H28N4O2/c1-2-12-24-13-10-17(11-14-24)21-19(25)8-9-20-22-18(23-26-20)15-16-6-4-3-5-7-16/h3-7,17H,2,8-15H2,1H3,(H,21,25). The van der Waals surface area contributed by atoms with Gasteiger partial charge in [0, 0.05) is 38.4 Å². The molecule has 1 fully saturated rings. The molecule has 1 aliphatic rings. The number of amides is 1. The Balaban J connectivity index is 1.38. The lowest BCUT2D eigenvalue weighted by molar-refractivity contribution is -0.122. The van der Waals surface area contributed by atoms with Crippen molar-refractivity contribution in [3.05, 3.63) is 47.6 Å². The third kappa shape index (κ3) is 5.66. The maximum absolute atomic E-state index is 12.2. The Bertz CT molecular complexity index is 678. The Labute approximate surface area is 155 Å². The van der Waals surface area contributed by atoms with Crippen LogP contribution in [0, 0.1) is 0 Å². The van der Waals surface area contributed by atoms with Gasteiger partial charge in [-0.25, -0.2) is 0 Å². The van der Waals surface area contributed by atoms with E-state index < -0.39 is 0 Å². The molecule has 0 saturated carbocycles. The number of piperidine rings is 1. The minimum Gasteiger partial charge on any atom is -0.353 e. The Morgan fingerprint density at radius 2 is 2.04 bits per heavy atom. The van der Waals surface area contributed by atoms with Gasteiger partial charge in [-0.1, -0.05) is 42.4 Å². The number of rotatable bonds is 8. The predicted molar refractivity (Wildman–Crippen MR) is 99.8 cm³/mol. The molecule has 0 bridgehead atoms. The second kappa shape index (κ2) is 9.48. The van der Waals surface area contributed by atoms with Crippen molar-refractivity contribution >= 4 is 5.91 Å². The van der Waals surface area contributed by atoms with Crippen LogP contribution in [0.5, 0.6) is 0 Å². The topological polar surface area (TPSA) is 71.3 Å². The number of nitrogens with one attached hydrogen (secondary N) is 1. The number of hydrogen-bond acceptors (Lipinski definition) is 5. The molecule has 1 aliphatic heterocycles. The largest absolute Gasteiger partial charge is 0.353 e. The van der Waals surface area contributed by atoms with Gasteiger partial charge in [-0.15, -0.1) is 0 Å². The molecule has 1 aromatic heterocycles. The molecule has 140 valence electrons. The van der Waals surface area contributed by atoms with Gasteiger partial charge in [0.15, 0.2) is 5.82 Å². The first kappa shape index (κ1) is 18.6. The van der Waals surface area contributed by atoms with Crippen molar-refractivity contribution in [2.75, 3.05) is 19.6 Å². The Morgan fingerprint density at radius 1 is 1.27 bits per heavy atom. The average molecular weight is 356 g/mol. The van der Waals surface area contributed by atoms with E-state index in [0.717, 1.165) is 38.0 Å². The van der Waals surface area contributed by atoms with Crippen LogP contribution in [0.15, 0.2) is 34.9 Å². The normalized spacial score (nSPS) is 15.9. The van der Waals surface area contributed by atoms with Gasteiger partial charge in [0.2, 0.25) is 11.8 Å². The summed E-state index contributed by atoms with van der Waals surface area (Å²) in [6, 6.07) is 10.3. The van der Waals surface area contributed by atoms with Gasteiger partial charge in [0.1, 0.15) is 0 Å². The van der Waals surface area contributed by atoms with E-state index in [9.17, 15) is 4.79 Å². The van der Waals surface area contributed by atoms with Gasteiger partial charge >= 0.3 is 0 Å². The molecule has 0 radical (unpaired) electrons. The lowest BCUT2D eigenvalue weighted by Gasteiger charge is -2.32. The Kier molecular flexibility index (Phi) is 6.77. The highest BCUT2D eigenvalue weighted by Crippen LogP contribution is 2.11. The fourth-order valence-electron chi connectivity index (χ4n) is 3.38. The van der Waals surface area contributed by atoms with Gasteiger partial charge in [-0.05, 0) is 31.4 Å². The molecule has 0 spiro atoms. The first-order chi connectivity index (χ1) is 12.7. The highest BCUT2D eigenvalue weighted by molar-refractivity contribution is 5.76. The van der Waals surface area contributed by atoms with E-state index in [2.05, 4.69) is 27.3 Å². The summed E-state index contributed by atoms with van der Waals surface area (Å²) in [7, 11) is 0. The number of benzene rings is 1. The molecule has 0 atom stereocenters. The summed E-state index contributed by atoms with van der Waals surface area (Å²) in [4.78, 5) is 19.0. The van der Waals surface area contributed by atoms with Crippen molar-refractivity contribution in [1.82, 2.24) is 20.4 Å². The summed E-state index contributed by atoms with van der Waals surface area (Å²) < 4.78 is 5.27. The number of nitrogens with zero attached hydrogens (tertiary/aromatic N) is 3. The molecule has 0 unspecified atom stereocenters. The van der Waals surface area contributed by atoms with E-state index in [1.54, 1.807) is 0 Å². The summed E-state index contributed by atoms with van der Waals surface area (Å²) in [5.41, 5.74) is 1.15. The number of aryl methyl sites for hydroxylation is 1. The Morgan fingerprint density at radius 3 is 2.77 bits per heavy atom. The van der Waals surface area contributed by atoms with Crippen LogP contribution in [0.2, 0.25) is 0 Å². The van der Waals surface area contributed by atoms with Crippen molar-refractivity contribution in [1.29, 1.82) is 0 Å². The lowest BCUT2D eigenvalue weighted by Crippen LogP contribution is -2.44. The molecule has 6 heteroatoms. The maximum atomic E-state index is 12.2. The van der Waals surface area contributed by atoms with Crippen LogP contribution in [0.25, 0.3) is 0 Å². The van der Waals surface area contributed by atoms with Crippen LogP contribution >= 0.6 is 0 Å². The fourth-order valence-corrected chi connectivity index (χ4v) is 3.38. The van der Waals surface area contributed by atoms with E-state index in [1.165, 1.54) is 6.42 Å². The van der Waals surface area contributed by atoms with Crippen LogP contribution in [0.3, 0.4) is 0 Å². The number of carbonyl (C=O) groups excluding carboxylic acids is 1. The minimum atomic E-state index is 0.0711. The van der Waals surface area contributed by atoms with Crippen LogP contribution in [-0.4, -0.2) is 46.6 Å². The molecule has 2 heterocycles. The molecule has 26 heavy (non-hydrogen) atoms. The Hall–Kier alpha value is -2.21. The molecule has 6 nitrogen and oxygen atoms in total. The first-order valence-corrected chi connectivity index (χ1v) is 9.60. The molecule has 3 rings (SSSR count). The van der Waals surface area contributed by atoms with Crippen molar-refractivity contribution in [3.8, 4) is 0 Å². The summed E-state index contributed by atoms with van der Waals surface area (Å²) in [6.45, 7) is 5.51. The van der Waals surface area contributed by atoms with E-state index in [0.29, 0.717) is 37.0 Å². The minimum absolute atomic E-state index is 0.0711. The summed E-state index contributed by atoms with van der Waals surface area (Å²) in [5, 5.41) is 7.15. The summed E-state index contributed by atoms with van der Waals surface area (Å²) in [5.74, 6) is 1.26. The highest BCUT2D eigenvalue weighted by atomic mass is 16.5. The third-order valence-electron chi connectivity index (χ3n) is 4.77. The predicted octanol–water partition coefficient (Wildman–Crippen LogP) is 2.58. The number of likely N-dealkylation sites (tertiary alicyclic amines) is 1. The molecule has 0 aliphatic carbocycles. The number of hydrogen-bond donors (Lipinski definition) is 1. The summed E-state index contributed by atoms with van der Waals surface area (Å²) in [6.07, 6.45) is 4.78. The number of carbonyl (C=O) groups is 1. The maximum Gasteiger partial charge on any atom is 0.227 e. The van der Waals surface area contributed by atoms with Gasteiger partial charge in [-0.2, -0.15) is 4.98 Å². The van der Waals surface area contributed by atoms with Gasteiger partial charge in [-0.3, -0.25) is 4.79 Å². The number of aromatic nitrogens is 2. The molecule has 1 saturated heterocycles. The zero-order valence-corrected chi connectivity index (χ0v) is 15.5. The highest BCUT2D eigenvalue weighted by Gasteiger charge is 2.20. The molecule has 1 N–H and O–H groups in total. The second-order valence-corrected chi connectivity index (χ2v) is 6.95. The smallest absolute Gasteiger partial charge is 0.227 e. The fraction of sp³-hybridized carbons (Fsp3) is 0.550. The SMILES string of the molecule is CCCN1CCC(NC(=O)CCc2nc(Cc3ccccc3)no2)CC1. The van der Waals surface area contributed by atoms with Crippen LogP contribution in [-0.2, 0) is 17.6 Å². The molecule has 2 aromatic rings. The summed E-state index contributed by atoms with van der Waals surface area (Å²) >= 11 is 0. The van der Waals surface area contributed by atoms with Crippen molar-refractivity contribution in [2.24, 2.45) is 0 Å². The van der Waals surface area contributed by atoms with Crippen LogP contribution in [0.4, 0.5) is 0 Å². The molecule has 1 aromatic carbocycles. The van der Waals surface area contributed by atoms with E-state index in [-0.39, 0.29) is 5.91 Å². The van der Waals surface area contributed by atoms with Gasteiger partial charge in [0.25, 0.3) is 0 Å². The monoisotopic (exact) mass is 356 g/mol. The van der Waals surface area contributed by atoms with Crippen molar-refractivity contribution in [2.45, 2.75) is 51.5 Å². The van der Waals surface area contributed by atoms with Gasteiger partial charge in [0.05, 0.1) is 0 Å². The first-order valence-electron chi connectivity index (χ1n) is 9.60. The van der Waals surface area contributed by atoms with E-state index in [1.807, 2.05) is 30.3 Å². The van der Waals surface area contributed by atoms with E-state index >= 15 is 0 Å². The van der Waals surface area contributed by atoms with E-state index in [4.69, 9.17) is 4.52 Å². The molecular weight excluding hydrogens is 328 g/mol. The van der Waals surface area contributed by atoms with Crippen LogP contribution < -0.4 is 5.32 Å². The average Bonchev–Trinajstić information content (AvgIpc) is 3.10. The quantitative estimate of drug-likeness (QED) is 0.787. The molecule has 1 amide bonds. The molecular formula is C20H28N4O2. The van der Waals surface area contributed by atoms with Crippen LogP contribution in [0.1, 0.15) is 49.9 Å². The zero-order chi connectivity index (χ0) is 18.2.